The lowest BCUT2D eigenvalue weighted by Crippen LogP contribution is -2.58. The molecule has 3 amide bonds. The number of hydrogen-bond acceptors (Lipinski definition) is 6. The van der Waals surface area contributed by atoms with Crippen LogP contribution in [0.1, 0.15) is 12.5 Å². The zero-order valence-corrected chi connectivity index (χ0v) is 19.4. The van der Waals surface area contributed by atoms with Gasteiger partial charge in [0.1, 0.15) is 18.5 Å². The summed E-state index contributed by atoms with van der Waals surface area (Å²) < 4.78 is 25.8. The van der Waals surface area contributed by atoms with E-state index in [9.17, 15) is 14.4 Å². The van der Waals surface area contributed by atoms with Crippen LogP contribution in [0.4, 0.5) is 25.4 Å². The zero-order valence-electron chi connectivity index (χ0n) is 19.4. The zero-order chi connectivity index (χ0) is 24.5. The first-order valence-electron chi connectivity index (χ1n) is 11.6. The lowest BCUT2D eigenvalue weighted by Gasteiger charge is -2.42. The number of likely N-dealkylation sites (tertiary alicyclic amines) is 1. The summed E-state index contributed by atoms with van der Waals surface area (Å²) in [5, 5.41) is 2.62. The maximum absolute atomic E-state index is 15.1. The van der Waals surface area contributed by atoms with Crippen molar-refractivity contribution in [2.24, 2.45) is 5.92 Å². The van der Waals surface area contributed by atoms with Crippen LogP contribution in [0.15, 0.2) is 48.5 Å². The van der Waals surface area contributed by atoms with Crippen LogP contribution in [0.25, 0.3) is 0 Å². The topological polar surface area (TPSA) is 91.4 Å². The predicted molar refractivity (Wildman–Crippen MR) is 126 cm³/mol. The van der Waals surface area contributed by atoms with Gasteiger partial charge in [0, 0.05) is 32.5 Å². The van der Waals surface area contributed by atoms with Crippen LogP contribution in [-0.2, 0) is 20.9 Å². The van der Waals surface area contributed by atoms with Gasteiger partial charge >= 0.3 is 12.2 Å². The minimum absolute atomic E-state index is 0.0135. The van der Waals surface area contributed by atoms with Crippen molar-refractivity contribution in [1.82, 2.24) is 10.2 Å². The van der Waals surface area contributed by atoms with Gasteiger partial charge in [-0.1, -0.05) is 30.3 Å². The first-order chi connectivity index (χ1) is 16.9. The van der Waals surface area contributed by atoms with Crippen LogP contribution >= 0.6 is 0 Å². The highest BCUT2D eigenvalue weighted by molar-refractivity contribution is 5.90. The van der Waals surface area contributed by atoms with Gasteiger partial charge in [-0.25, -0.2) is 14.0 Å². The van der Waals surface area contributed by atoms with Crippen molar-refractivity contribution >= 4 is 29.5 Å². The van der Waals surface area contributed by atoms with Gasteiger partial charge in [-0.15, -0.1) is 0 Å². The molecule has 0 unspecified atom stereocenters. The Kier molecular flexibility index (Phi) is 6.19. The minimum Gasteiger partial charge on any atom is -0.445 e. The highest BCUT2D eigenvalue weighted by Crippen LogP contribution is 2.37. The highest BCUT2D eigenvalue weighted by atomic mass is 19.1. The first kappa shape index (κ1) is 22.9. The summed E-state index contributed by atoms with van der Waals surface area (Å²) in [6.07, 6.45) is -1.42. The molecule has 0 aliphatic carbocycles. The molecule has 9 nitrogen and oxygen atoms in total. The van der Waals surface area contributed by atoms with E-state index in [1.54, 1.807) is 17.0 Å². The lowest BCUT2D eigenvalue weighted by atomic mass is 9.93. The molecule has 35 heavy (non-hydrogen) atoms. The summed E-state index contributed by atoms with van der Waals surface area (Å²) in [6.45, 7) is 3.80. The molecule has 0 saturated carbocycles. The molecule has 1 N–H and O–H groups in total. The van der Waals surface area contributed by atoms with E-state index in [2.05, 4.69) is 5.32 Å². The number of rotatable bonds is 6. The van der Waals surface area contributed by atoms with Crippen LogP contribution in [0.2, 0.25) is 0 Å². The molecule has 10 heteroatoms. The molecular weight excluding hydrogens is 455 g/mol. The van der Waals surface area contributed by atoms with Gasteiger partial charge in [0.25, 0.3) is 0 Å². The Labute approximate surface area is 202 Å². The number of anilines is 2. The second kappa shape index (κ2) is 9.44. The third-order valence-corrected chi connectivity index (χ3v) is 6.71. The van der Waals surface area contributed by atoms with E-state index in [0.29, 0.717) is 31.0 Å². The van der Waals surface area contributed by atoms with E-state index in [-0.39, 0.29) is 43.7 Å². The van der Waals surface area contributed by atoms with E-state index in [0.717, 1.165) is 5.56 Å². The summed E-state index contributed by atoms with van der Waals surface area (Å²) in [7, 11) is 0. The van der Waals surface area contributed by atoms with E-state index in [4.69, 9.17) is 9.47 Å². The maximum Gasteiger partial charge on any atom is 0.414 e. The quantitative estimate of drug-likeness (QED) is 0.681. The van der Waals surface area contributed by atoms with Gasteiger partial charge in [-0.3, -0.25) is 9.69 Å². The largest absolute Gasteiger partial charge is 0.445 e. The van der Waals surface area contributed by atoms with Crippen molar-refractivity contribution in [2.75, 3.05) is 42.5 Å². The van der Waals surface area contributed by atoms with E-state index in [1.165, 1.54) is 17.9 Å². The molecule has 3 atom stereocenters. The number of halogens is 1. The van der Waals surface area contributed by atoms with Gasteiger partial charge in [0.15, 0.2) is 0 Å². The molecule has 184 valence electrons. The van der Waals surface area contributed by atoms with Gasteiger partial charge in [0.2, 0.25) is 5.91 Å². The summed E-state index contributed by atoms with van der Waals surface area (Å²) in [5.74, 6) is -0.390. The second-order valence-electron chi connectivity index (χ2n) is 9.11. The number of benzene rings is 2. The van der Waals surface area contributed by atoms with E-state index < -0.39 is 18.0 Å². The van der Waals surface area contributed by atoms with Crippen molar-refractivity contribution in [3.05, 3.63) is 59.9 Å². The average molecular weight is 483 g/mol. The fraction of sp³-hybridized carbons (Fsp3) is 0.400. The number of amides is 3. The van der Waals surface area contributed by atoms with Crippen molar-refractivity contribution < 1.29 is 28.2 Å². The van der Waals surface area contributed by atoms with Gasteiger partial charge in [-0.2, -0.15) is 0 Å². The summed E-state index contributed by atoms with van der Waals surface area (Å²) in [5.41, 5.74) is 1.76. The fourth-order valence-electron chi connectivity index (χ4n) is 4.86. The molecule has 3 fully saturated rings. The molecule has 0 aromatic heterocycles. The van der Waals surface area contributed by atoms with Crippen molar-refractivity contribution in [3.8, 4) is 0 Å². The number of ether oxygens (including phenoxy) is 2. The molecule has 3 aliphatic heterocycles. The van der Waals surface area contributed by atoms with Crippen molar-refractivity contribution in [2.45, 2.75) is 25.7 Å². The second-order valence-corrected chi connectivity index (χ2v) is 9.11. The molecule has 3 saturated heterocycles. The fourth-order valence-corrected chi connectivity index (χ4v) is 4.86. The lowest BCUT2D eigenvalue weighted by molar-refractivity contribution is -0.119. The molecule has 5 rings (SSSR count). The third kappa shape index (κ3) is 4.73. The Hall–Kier alpha value is -3.82. The van der Waals surface area contributed by atoms with Crippen LogP contribution in [0.5, 0.6) is 0 Å². The van der Waals surface area contributed by atoms with Crippen molar-refractivity contribution in [3.63, 3.8) is 0 Å². The maximum atomic E-state index is 15.1. The van der Waals surface area contributed by atoms with Crippen LogP contribution < -0.4 is 15.1 Å². The number of carbonyl (C=O) groups excluding carboxylic acids is 3. The third-order valence-electron chi connectivity index (χ3n) is 6.71. The summed E-state index contributed by atoms with van der Waals surface area (Å²) in [6, 6.07) is 14.2. The number of fused-ring (bicyclic) bond motifs is 1. The number of carbonyl (C=O) groups is 3. The summed E-state index contributed by atoms with van der Waals surface area (Å²) >= 11 is 0. The normalized spacial score (nSPS) is 23.0. The Morgan fingerprint density at radius 1 is 1.11 bits per heavy atom. The van der Waals surface area contributed by atoms with Gasteiger partial charge < -0.3 is 24.6 Å². The average Bonchev–Trinajstić information content (AvgIpc) is 3.37. The highest BCUT2D eigenvalue weighted by Gasteiger charge is 2.49. The molecular formula is C25H27FN4O5. The van der Waals surface area contributed by atoms with E-state index in [1.807, 2.05) is 35.2 Å². The number of cyclic esters (lactones) is 1. The molecule has 2 aromatic carbocycles. The predicted octanol–water partition coefficient (Wildman–Crippen LogP) is 2.74. The molecule has 0 bridgehead atoms. The van der Waals surface area contributed by atoms with E-state index >= 15 is 4.39 Å². The van der Waals surface area contributed by atoms with Gasteiger partial charge in [-0.05, 0) is 23.8 Å². The Morgan fingerprint density at radius 2 is 1.91 bits per heavy atom. The first-order valence-corrected chi connectivity index (χ1v) is 11.6. The van der Waals surface area contributed by atoms with Crippen LogP contribution in [0, 0.1) is 11.7 Å². The number of nitrogens with one attached hydrogen (secondary N) is 1. The minimum atomic E-state index is -0.573. The monoisotopic (exact) mass is 482 g/mol. The Bertz CT molecular complexity index is 1130. The Morgan fingerprint density at radius 3 is 2.66 bits per heavy atom. The van der Waals surface area contributed by atoms with Crippen molar-refractivity contribution in [1.29, 1.82) is 0 Å². The molecule has 0 radical (unpaired) electrons. The number of hydrogen-bond donors (Lipinski definition) is 1. The number of nitrogens with zero attached hydrogens (tertiary/aromatic N) is 3. The molecule has 3 aliphatic rings. The smallest absolute Gasteiger partial charge is 0.414 e. The summed E-state index contributed by atoms with van der Waals surface area (Å²) in [4.78, 5) is 40.8. The standard InChI is InChI=1S/C25H27FN4O5/c1-16(31)27-10-20-13-29(25(33)35-20)19-7-8-22(21(26)9-19)28-11-18-12-30(23(18)14-28)24(32)34-15-17-5-3-2-4-6-17/h2-9,18,20,23H,10-15H2,1H3,(H,27,31)/t18-,20-,23-/m0/s1. The molecule has 0 spiro atoms. The molecule has 3 heterocycles. The Balaban J connectivity index is 1.18. The van der Waals surface area contributed by atoms with Crippen LogP contribution in [-0.4, -0.2) is 67.9 Å². The van der Waals surface area contributed by atoms with Gasteiger partial charge in [0.05, 0.1) is 30.5 Å². The van der Waals surface area contributed by atoms with Crippen LogP contribution in [0.3, 0.4) is 0 Å². The molecule has 2 aromatic rings. The SMILES string of the molecule is CC(=O)NC[C@H]1CN(c2ccc(N3C[C@H]4CN(C(=O)OCc5ccccc5)[C@H]4C3)c(F)c2)C(=O)O1.